The van der Waals surface area contributed by atoms with Gasteiger partial charge in [0.15, 0.2) is 0 Å². The first-order valence-electron chi connectivity index (χ1n) is 5.58. The maximum atomic E-state index is 10.9. The van der Waals surface area contributed by atoms with Crippen molar-refractivity contribution in [3.63, 3.8) is 0 Å². The number of carboxylic acids is 1. The maximum Gasteiger partial charge on any atom is 0.335 e. The summed E-state index contributed by atoms with van der Waals surface area (Å²) in [4.78, 5) is 10.9. The molecule has 2 N–H and O–H groups in total. The van der Waals surface area contributed by atoms with E-state index >= 15 is 0 Å². The van der Waals surface area contributed by atoms with Crippen LogP contribution in [-0.4, -0.2) is 16.2 Å². The van der Waals surface area contributed by atoms with Crippen LogP contribution >= 0.6 is 0 Å². The second-order valence-corrected chi connectivity index (χ2v) is 4.66. The van der Waals surface area contributed by atoms with Crippen LogP contribution in [0.2, 0.25) is 0 Å². The third-order valence-electron chi connectivity index (χ3n) is 3.59. The molecule has 86 valence electrons. The molecule has 0 aromatic heterocycles. The van der Waals surface area contributed by atoms with Gasteiger partial charge in [-0.1, -0.05) is 18.6 Å². The van der Waals surface area contributed by atoms with Crippen LogP contribution in [-0.2, 0) is 5.60 Å². The van der Waals surface area contributed by atoms with Crippen molar-refractivity contribution in [2.45, 2.75) is 31.8 Å². The summed E-state index contributed by atoms with van der Waals surface area (Å²) in [6.45, 7) is 1.78. The van der Waals surface area contributed by atoms with E-state index in [4.69, 9.17) is 5.11 Å². The Morgan fingerprint density at radius 1 is 1.44 bits per heavy atom. The normalized spacial score (nSPS) is 19.9. The van der Waals surface area contributed by atoms with Crippen molar-refractivity contribution in [1.29, 1.82) is 0 Å². The molecule has 1 unspecified atom stereocenters. The molecule has 2 rings (SSSR count). The molecule has 1 atom stereocenters. The van der Waals surface area contributed by atoms with E-state index in [1.165, 1.54) is 0 Å². The van der Waals surface area contributed by atoms with Crippen LogP contribution in [0.25, 0.3) is 0 Å². The minimum absolute atomic E-state index is 0.233. The minimum Gasteiger partial charge on any atom is -0.478 e. The van der Waals surface area contributed by atoms with E-state index in [0.717, 1.165) is 19.3 Å². The first-order valence-corrected chi connectivity index (χ1v) is 5.58. The van der Waals surface area contributed by atoms with Crippen molar-refractivity contribution >= 4 is 5.97 Å². The van der Waals surface area contributed by atoms with Crippen LogP contribution in [0.4, 0.5) is 0 Å². The summed E-state index contributed by atoms with van der Waals surface area (Å²) < 4.78 is 0. The minimum atomic E-state index is -0.953. The fraction of sp³-hybridized carbons (Fsp3) is 0.462. The molecule has 0 heterocycles. The molecule has 1 aromatic rings. The second kappa shape index (κ2) is 3.91. The Morgan fingerprint density at radius 3 is 2.62 bits per heavy atom. The van der Waals surface area contributed by atoms with Crippen molar-refractivity contribution in [3.8, 4) is 0 Å². The van der Waals surface area contributed by atoms with Gasteiger partial charge in [-0.05, 0) is 43.4 Å². The number of rotatable bonds is 3. The third-order valence-corrected chi connectivity index (χ3v) is 3.59. The van der Waals surface area contributed by atoms with Gasteiger partial charge in [0.2, 0.25) is 0 Å². The lowest BCUT2D eigenvalue weighted by molar-refractivity contribution is -0.0399. The SMILES string of the molecule is CC(O)(c1cccc(C(=O)O)c1)C1CCC1. The predicted octanol–water partition coefficient (Wildman–Crippen LogP) is 2.39. The van der Waals surface area contributed by atoms with E-state index in [0.29, 0.717) is 5.56 Å². The summed E-state index contributed by atoms with van der Waals surface area (Å²) in [5, 5.41) is 19.3. The van der Waals surface area contributed by atoms with Gasteiger partial charge in [0.25, 0.3) is 0 Å². The Hall–Kier alpha value is -1.35. The summed E-state index contributed by atoms with van der Waals surface area (Å²) in [5.74, 6) is -0.692. The number of hydrogen-bond donors (Lipinski definition) is 2. The topological polar surface area (TPSA) is 57.5 Å². The average Bonchev–Trinajstić information content (AvgIpc) is 2.14. The van der Waals surface area contributed by atoms with Crippen LogP contribution in [0.3, 0.4) is 0 Å². The molecule has 0 bridgehead atoms. The van der Waals surface area contributed by atoms with Crippen molar-refractivity contribution in [2.24, 2.45) is 5.92 Å². The quantitative estimate of drug-likeness (QED) is 0.822. The molecular formula is C13H16O3. The third kappa shape index (κ3) is 1.83. The zero-order valence-electron chi connectivity index (χ0n) is 9.31. The summed E-state index contributed by atoms with van der Waals surface area (Å²) in [6, 6.07) is 6.60. The second-order valence-electron chi connectivity index (χ2n) is 4.66. The number of aromatic carboxylic acids is 1. The summed E-state index contributed by atoms with van der Waals surface area (Å²) in [6.07, 6.45) is 3.19. The Labute approximate surface area is 94.7 Å². The zero-order chi connectivity index (χ0) is 11.8. The number of carbonyl (C=O) groups is 1. The van der Waals surface area contributed by atoms with Gasteiger partial charge in [-0.3, -0.25) is 0 Å². The molecule has 1 aliphatic carbocycles. The molecule has 0 radical (unpaired) electrons. The largest absolute Gasteiger partial charge is 0.478 e. The summed E-state index contributed by atoms with van der Waals surface area (Å²) >= 11 is 0. The number of aliphatic hydroxyl groups is 1. The molecule has 0 saturated heterocycles. The van der Waals surface area contributed by atoms with Crippen molar-refractivity contribution in [3.05, 3.63) is 35.4 Å². The molecule has 16 heavy (non-hydrogen) atoms. The number of hydrogen-bond acceptors (Lipinski definition) is 2. The van der Waals surface area contributed by atoms with E-state index in [1.807, 2.05) is 0 Å². The van der Waals surface area contributed by atoms with Crippen LogP contribution in [0.15, 0.2) is 24.3 Å². The molecular weight excluding hydrogens is 204 g/mol. The molecule has 0 spiro atoms. The monoisotopic (exact) mass is 220 g/mol. The van der Waals surface area contributed by atoms with Gasteiger partial charge >= 0.3 is 5.97 Å². The Balaban J connectivity index is 2.31. The Kier molecular flexibility index (Phi) is 2.72. The van der Waals surface area contributed by atoms with Gasteiger partial charge in [-0.15, -0.1) is 0 Å². The summed E-state index contributed by atoms with van der Waals surface area (Å²) in [5.41, 5.74) is 0.0400. The van der Waals surface area contributed by atoms with Crippen LogP contribution < -0.4 is 0 Å². The highest BCUT2D eigenvalue weighted by atomic mass is 16.4. The van der Waals surface area contributed by atoms with Gasteiger partial charge in [-0.25, -0.2) is 4.79 Å². The van der Waals surface area contributed by atoms with E-state index in [9.17, 15) is 9.90 Å². The van der Waals surface area contributed by atoms with Gasteiger partial charge in [0.05, 0.1) is 11.2 Å². The highest BCUT2D eigenvalue weighted by Gasteiger charge is 2.37. The lowest BCUT2D eigenvalue weighted by atomic mass is 9.70. The number of carboxylic acid groups (broad SMARTS) is 1. The zero-order valence-corrected chi connectivity index (χ0v) is 9.31. The molecule has 1 fully saturated rings. The van der Waals surface area contributed by atoms with Crippen LogP contribution in [0.5, 0.6) is 0 Å². The van der Waals surface area contributed by atoms with E-state index in [2.05, 4.69) is 0 Å². The molecule has 1 aromatic carbocycles. The highest BCUT2D eigenvalue weighted by molar-refractivity contribution is 5.87. The maximum absolute atomic E-state index is 10.9. The van der Waals surface area contributed by atoms with Crippen molar-refractivity contribution < 1.29 is 15.0 Å². The smallest absolute Gasteiger partial charge is 0.335 e. The average molecular weight is 220 g/mol. The van der Waals surface area contributed by atoms with Crippen LogP contribution in [0.1, 0.15) is 42.1 Å². The van der Waals surface area contributed by atoms with Gasteiger partial charge in [-0.2, -0.15) is 0 Å². The highest BCUT2D eigenvalue weighted by Crippen LogP contribution is 2.42. The standard InChI is InChI=1S/C13H16O3/c1-13(16,10-5-3-6-10)11-7-2-4-9(8-11)12(14)15/h2,4,7-8,10,16H,3,5-6H2,1H3,(H,14,15). The number of benzene rings is 1. The molecule has 1 aliphatic rings. The van der Waals surface area contributed by atoms with E-state index < -0.39 is 11.6 Å². The predicted molar refractivity (Wildman–Crippen MR) is 60.3 cm³/mol. The molecule has 0 aliphatic heterocycles. The first kappa shape index (κ1) is 11.1. The molecule has 0 amide bonds. The lowest BCUT2D eigenvalue weighted by Crippen LogP contribution is -2.36. The molecule has 1 saturated carbocycles. The van der Waals surface area contributed by atoms with Gasteiger partial charge < -0.3 is 10.2 Å². The fourth-order valence-electron chi connectivity index (χ4n) is 2.17. The summed E-state index contributed by atoms with van der Waals surface area (Å²) in [7, 11) is 0. The molecule has 3 nitrogen and oxygen atoms in total. The van der Waals surface area contributed by atoms with E-state index in [-0.39, 0.29) is 11.5 Å². The van der Waals surface area contributed by atoms with E-state index in [1.54, 1.807) is 31.2 Å². The van der Waals surface area contributed by atoms with Gasteiger partial charge in [0.1, 0.15) is 0 Å². The molecule has 3 heteroatoms. The fourth-order valence-corrected chi connectivity index (χ4v) is 2.17. The van der Waals surface area contributed by atoms with Gasteiger partial charge in [0, 0.05) is 0 Å². The Bertz CT molecular complexity index is 405. The first-order chi connectivity index (χ1) is 7.51. The van der Waals surface area contributed by atoms with Crippen molar-refractivity contribution in [2.75, 3.05) is 0 Å². The Morgan fingerprint density at radius 2 is 2.12 bits per heavy atom. The lowest BCUT2D eigenvalue weighted by Gasteiger charge is -2.39. The van der Waals surface area contributed by atoms with Crippen molar-refractivity contribution in [1.82, 2.24) is 0 Å². The van der Waals surface area contributed by atoms with Crippen LogP contribution in [0, 0.1) is 5.92 Å².